The molecule has 2 aromatic carbocycles. The van der Waals surface area contributed by atoms with Gasteiger partial charge in [0, 0.05) is 29.2 Å². The first kappa shape index (κ1) is 21.6. The van der Waals surface area contributed by atoms with Crippen LogP contribution in [-0.2, 0) is 0 Å². The van der Waals surface area contributed by atoms with Gasteiger partial charge in [-0.05, 0) is 62.2 Å². The second-order valence-electron chi connectivity index (χ2n) is 7.56. The number of aliphatic hydroxyl groups is 1. The zero-order valence-corrected chi connectivity index (χ0v) is 18.4. The third kappa shape index (κ3) is 4.55. The van der Waals surface area contributed by atoms with Crippen LogP contribution in [0.1, 0.15) is 28.9 Å². The highest BCUT2D eigenvalue weighted by atomic mass is 35.5. The molecule has 4 rings (SSSR count). The summed E-state index contributed by atoms with van der Waals surface area (Å²) in [7, 11) is 0. The lowest BCUT2D eigenvalue weighted by molar-refractivity contribution is 0.0364. The van der Waals surface area contributed by atoms with Crippen LogP contribution in [-0.4, -0.2) is 50.1 Å². The largest absolute Gasteiger partial charge is 0.508 e. The summed E-state index contributed by atoms with van der Waals surface area (Å²) in [5.41, 5.74) is 5.76. The fourth-order valence-electron chi connectivity index (χ4n) is 3.75. The number of piperidine rings is 1. The molecule has 0 spiro atoms. The first-order valence-electron chi connectivity index (χ1n) is 9.92. The summed E-state index contributed by atoms with van der Waals surface area (Å²) in [6, 6.07) is 11.7. The molecule has 0 radical (unpaired) electrons. The number of phenols is 1. The molecule has 1 amide bonds. The zero-order chi connectivity index (χ0) is 22.1. The number of β-amino-alcohol motifs (C(OH)–C–C–N with tert-alkyl or cyclic N) is 1. The lowest BCUT2D eigenvalue weighted by Crippen LogP contribution is -2.49. The van der Waals surface area contributed by atoms with Gasteiger partial charge in [0.25, 0.3) is 5.91 Å². The van der Waals surface area contributed by atoms with Crippen molar-refractivity contribution in [3.63, 3.8) is 0 Å². The van der Waals surface area contributed by atoms with Crippen molar-refractivity contribution >= 4 is 29.1 Å². The number of aromatic hydroxyl groups is 1. The first-order chi connectivity index (χ1) is 14.8. The minimum atomic E-state index is -0.465. The van der Waals surface area contributed by atoms with Crippen molar-refractivity contribution in [1.29, 1.82) is 0 Å². The Hall–Kier alpha value is -2.58. The molecule has 31 heavy (non-hydrogen) atoms. The van der Waals surface area contributed by atoms with Crippen LogP contribution in [0, 0.1) is 6.92 Å². The molecule has 7 nitrogen and oxygen atoms in total. The van der Waals surface area contributed by atoms with Crippen LogP contribution >= 0.6 is 23.2 Å². The molecule has 162 valence electrons. The predicted octanol–water partition coefficient (Wildman–Crippen LogP) is 3.96. The number of hydrogen-bond donors (Lipinski definition) is 3. The van der Waals surface area contributed by atoms with Gasteiger partial charge in [-0.2, -0.15) is 5.10 Å². The Kier molecular flexibility index (Phi) is 6.20. The number of phenolic OH excluding ortho intramolecular Hbond substituents is 1. The summed E-state index contributed by atoms with van der Waals surface area (Å²) in [6.07, 6.45) is 1.06. The minimum Gasteiger partial charge on any atom is -0.508 e. The normalized spacial score (nSPS) is 17.0. The Morgan fingerprint density at radius 2 is 1.94 bits per heavy atom. The molecule has 3 N–H and O–H groups in total. The number of halogens is 2. The highest BCUT2D eigenvalue weighted by molar-refractivity contribution is 6.35. The van der Waals surface area contributed by atoms with Crippen LogP contribution in [0.3, 0.4) is 0 Å². The van der Waals surface area contributed by atoms with Crippen molar-refractivity contribution in [2.45, 2.75) is 25.9 Å². The van der Waals surface area contributed by atoms with Gasteiger partial charge in [-0.1, -0.05) is 23.2 Å². The SMILES string of the molecule is Cc1c(C(=O)NN2CCCC(O)C2)nn(-c2ccc(Cl)cc2Cl)c1-c1ccc(O)cc1. The average molecular weight is 461 g/mol. The number of aromatic nitrogens is 2. The van der Waals surface area contributed by atoms with Gasteiger partial charge in [0.05, 0.1) is 22.5 Å². The maximum absolute atomic E-state index is 13.1. The number of rotatable bonds is 4. The van der Waals surface area contributed by atoms with Gasteiger partial charge in [0.1, 0.15) is 5.75 Å². The molecule has 0 aliphatic carbocycles. The smallest absolute Gasteiger partial charge is 0.286 e. The number of benzene rings is 2. The van der Waals surface area contributed by atoms with Crippen molar-refractivity contribution < 1.29 is 15.0 Å². The molecule has 0 saturated carbocycles. The summed E-state index contributed by atoms with van der Waals surface area (Å²) in [6.45, 7) is 2.85. The first-order valence-corrected chi connectivity index (χ1v) is 10.7. The van der Waals surface area contributed by atoms with Crippen LogP contribution in [0.2, 0.25) is 10.0 Å². The molecule has 3 aromatic rings. The van der Waals surface area contributed by atoms with Gasteiger partial charge in [0.2, 0.25) is 0 Å². The molecule has 9 heteroatoms. The van der Waals surface area contributed by atoms with Crippen LogP contribution in [0.4, 0.5) is 0 Å². The number of hydrogen-bond acceptors (Lipinski definition) is 5. The Morgan fingerprint density at radius 1 is 1.19 bits per heavy atom. The predicted molar refractivity (Wildman–Crippen MR) is 120 cm³/mol. The Balaban J connectivity index is 1.78. The second kappa shape index (κ2) is 8.88. The van der Waals surface area contributed by atoms with Crippen molar-refractivity contribution in [3.8, 4) is 22.7 Å². The van der Waals surface area contributed by atoms with Gasteiger partial charge in [-0.15, -0.1) is 0 Å². The van der Waals surface area contributed by atoms with Crippen molar-refractivity contribution in [2.75, 3.05) is 13.1 Å². The van der Waals surface area contributed by atoms with Crippen LogP contribution < -0.4 is 5.43 Å². The lowest BCUT2D eigenvalue weighted by atomic mass is 10.1. The highest BCUT2D eigenvalue weighted by Crippen LogP contribution is 2.33. The van der Waals surface area contributed by atoms with E-state index in [1.165, 1.54) is 0 Å². The van der Waals surface area contributed by atoms with Crippen LogP contribution in [0.25, 0.3) is 16.9 Å². The zero-order valence-electron chi connectivity index (χ0n) is 16.8. The van der Waals surface area contributed by atoms with E-state index in [1.807, 2.05) is 6.92 Å². The third-order valence-corrected chi connectivity index (χ3v) is 5.81. The maximum atomic E-state index is 13.1. The number of carbonyl (C=O) groups is 1. The van der Waals surface area contributed by atoms with Crippen molar-refractivity contribution in [1.82, 2.24) is 20.2 Å². The fraction of sp³-hybridized carbons (Fsp3) is 0.273. The number of nitrogens with zero attached hydrogens (tertiary/aromatic N) is 3. The monoisotopic (exact) mass is 460 g/mol. The van der Waals surface area contributed by atoms with E-state index in [0.717, 1.165) is 18.4 Å². The summed E-state index contributed by atoms with van der Waals surface area (Å²) < 4.78 is 1.61. The van der Waals surface area contributed by atoms with E-state index in [1.54, 1.807) is 52.2 Å². The van der Waals surface area contributed by atoms with Crippen LogP contribution in [0.5, 0.6) is 5.75 Å². The highest BCUT2D eigenvalue weighted by Gasteiger charge is 2.26. The Labute approximate surface area is 189 Å². The molecule has 1 aliphatic rings. The molecular weight excluding hydrogens is 439 g/mol. The minimum absolute atomic E-state index is 0.138. The molecule has 0 bridgehead atoms. The van der Waals surface area contributed by atoms with E-state index in [-0.39, 0.29) is 17.4 Å². The molecule has 1 atom stereocenters. The molecular formula is C22H22Cl2N4O3. The number of amides is 1. The Bertz CT molecular complexity index is 1110. The van der Waals surface area contributed by atoms with Gasteiger partial charge >= 0.3 is 0 Å². The standard InChI is InChI=1S/C22H22Cl2N4O3/c1-13-20(22(31)26-27-10-2-3-17(30)12-27)25-28(19-9-6-15(23)11-18(19)24)21(13)14-4-7-16(29)8-5-14/h4-9,11,17,29-30H,2-3,10,12H2,1H3,(H,26,31). The molecule has 1 unspecified atom stereocenters. The van der Waals surface area contributed by atoms with E-state index >= 15 is 0 Å². The number of nitrogens with one attached hydrogen (secondary N) is 1. The third-order valence-electron chi connectivity index (χ3n) is 5.27. The van der Waals surface area contributed by atoms with Crippen LogP contribution in [0.15, 0.2) is 42.5 Å². The molecule has 1 aromatic heterocycles. The number of carbonyl (C=O) groups excluding carboxylic acids is 1. The number of hydrazine groups is 1. The van der Waals surface area contributed by atoms with Crippen molar-refractivity contribution in [2.24, 2.45) is 0 Å². The average Bonchev–Trinajstić information content (AvgIpc) is 3.06. The quantitative estimate of drug-likeness (QED) is 0.547. The summed E-state index contributed by atoms with van der Waals surface area (Å²) in [4.78, 5) is 13.1. The van der Waals surface area contributed by atoms with Gasteiger partial charge < -0.3 is 10.2 Å². The molecule has 1 saturated heterocycles. The van der Waals surface area contributed by atoms with Gasteiger partial charge in [-0.3, -0.25) is 10.2 Å². The molecule has 2 heterocycles. The van der Waals surface area contributed by atoms with E-state index in [2.05, 4.69) is 10.5 Å². The maximum Gasteiger partial charge on any atom is 0.286 e. The van der Waals surface area contributed by atoms with E-state index in [4.69, 9.17) is 23.2 Å². The van der Waals surface area contributed by atoms with Crippen molar-refractivity contribution in [3.05, 3.63) is 63.8 Å². The molecule has 1 aliphatic heterocycles. The number of aliphatic hydroxyl groups excluding tert-OH is 1. The lowest BCUT2D eigenvalue weighted by Gasteiger charge is -2.29. The summed E-state index contributed by atoms with van der Waals surface area (Å²) in [5, 5.41) is 26.7. The van der Waals surface area contributed by atoms with Gasteiger partial charge in [0.15, 0.2) is 5.69 Å². The summed E-state index contributed by atoms with van der Waals surface area (Å²) >= 11 is 12.5. The van der Waals surface area contributed by atoms with E-state index in [9.17, 15) is 15.0 Å². The Morgan fingerprint density at radius 3 is 2.61 bits per heavy atom. The van der Waals surface area contributed by atoms with E-state index < -0.39 is 6.10 Å². The van der Waals surface area contributed by atoms with Gasteiger partial charge in [-0.25, -0.2) is 9.69 Å². The second-order valence-corrected chi connectivity index (χ2v) is 8.40. The topological polar surface area (TPSA) is 90.6 Å². The summed E-state index contributed by atoms with van der Waals surface area (Å²) in [5.74, 6) is -0.228. The molecule has 1 fully saturated rings. The fourth-order valence-corrected chi connectivity index (χ4v) is 4.24. The van der Waals surface area contributed by atoms with E-state index in [0.29, 0.717) is 40.1 Å².